The molecule has 0 spiro atoms. The van der Waals surface area contributed by atoms with E-state index in [0.717, 1.165) is 38.8 Å². The Hall–Kier alpha value is -0.120. The summed E-state index contributed by atoms with van der Waals surface area (Å²) in [4.78, 5) is 0. The Morgan fingerprint density at radius 1 is 0.577 bits per heavy atom. The van der Waals surface area contributed by atoms with Crippen LogP contribution >= 0.6 is 0 Å². The molecule has 3 heteroatoms. The predicted molar refractivity (Wildman–Crippen MR) is 116 cm³/mol. The van der Waals surface area contributed by atoms with Gasteiger partial charge in [0.05, 0.1) is 0 Å². The van der Waals surface area contributed by atoms with Gasteiger partial charge in [0.2, 0.25) is 0 Å². The smallest absolute Gasteiger partial charge is 0.105 e. The third kappa shape index (κ3) is 21.9. The molecule has 0 saturated carbocycles. The van der Waals surface area contributed by atoms with Gasteiger partial charge in [-0.2, -0.15) is 0 Å². The van der Waals surface area contributed by atoms with Crippen molar-refractivity contribution in [2.45, 2.75) is 135 Å². The van der Waals surface area contributed by atoms with Gasteiger partial charge in [0.15, 0.2) is 0 Å². The van der Waals surface area contributed by atoms with Crippen molar-refractivity contribution in [3.8, 4) is 0 Å². The van der Waals surface area contributed by atoms with Crippen molar-refractivity contribution in [3.05, 3.63) is 0 Å². The molecule has 0 aromatic rings. The first-order valence-electron chi connectivity index (χ1n) is 11.9. The zero-order valence-corrected chi connectivity index (χ0v) is 18.0. The first kappa shape index (κ1) is 25.9. The molecule has 0 aromatic carbocycles. The summed E-state index contributed by atoms with van der Waals surface area (Å²) in [6.45, 7) is 3.86. The standard InChI is InChI=1S/C23H50N2O/c1-2-3-4-5-6-7-8-9-10-11-12-13-14-15-17-20-23(25)26-22-19-16-18-21-24/h23H,2-22,24-25H2,1H3. The minimum atomic E-state index is -0.0603. The Bertz CT molecular complexity index is 248. The normalized spacial score (nSPS) is 12.6. The molecule has 0 rings (SSSR count). The van der Waals surface area contributed by atoms with Crippen molar-refractivity contribution >= 4 is 0 Å². The van der Waals surface area contributed by atoms with Crippen molar-refractivity contribution in [2.75, 3.05) is 13.2 Å². The lowest BCUT2D eigenvalue weighted by molar-refractivity contribution is 0.0476. The van der Waals surface area contributed by atoms with Gasteiger partial charge in [0.25, 0.3) is 0 Å². The number of hydrogen-bond acceptors (Lipinski definition) is 3. The van der Waals surface area contributed by atoms with Crippen LogP contribution in [-0.4, -0.2) is 19.4 Å². The fraction of sp³-hybridized carbons (Fsp3) is 1.00. The average Bonchev–Trinajstić information content (AvgIpc) is 2.64. The molecule has 4 N–H and O–H groups in total. The summed E-state index contributed by atoms with van der Waals surface area (Å²) in [7, 11) is 0. The second-order valence-corrected chi connectivity index (χ2v) is 8.00. The highest BCUT2D eigenvalue weighted by molar-refractivity contribution is 4.53. The van der Waals surface area contributed by atoms with E-state index in [-0.39, 0.29) is 6.23 Å². The summed E-state index contributed by atoms with van der Waals surface area (Å²) in [5.74, 6) is 0. The number of rotatable bonds is 22. The molecule has 0 bridgehead atoms. The summed E-state index contributed by atoms with van der Waals surface area (Å²) < 4.78 is 5.64. The maximum Gasteiger partial charge on any atom is 0.105 e. The van der Waals surface area contributed by atoms with E-state index in [1.54, 1.807) is 0 Å². The SMILES string of the molecule is CCCCCCCCCCCCCCCCCC(N)OCCCCCN. The minimum Gasteiger partial charge on any atom is -0.364 e. The Morgan fingerprint density at radius 3 is 1.46 bits per heavy atom. The van der Waals surface area contributed by atoms with Gasteiger partial charge in [-0.25, -0.2) is 0 Å². The molecular formula is C23H50N2O. The highest BCUT2D eigenvalue weighted by Crippen LogP contribution is 2.14. The second-order valence-electron chi connectivity index (χ2n) is 8.00. The van der Waals surface area contributed by atoms with Crippen LogP contribution in [0.15, 0.2) is 0 Å². The summed E-state index contributed by atoms with van der Waals surface area (Å²) in [6.07, 6.45) is 25.4. The molecular weight excluding hydrogens is 320 g/mol. The first-order valence-corrected chi connectivity index (χ1v) is 11.9. The third-order valence-corrected chi connectivity index (χ3v) is 5.27. The molecule has 0 fully saturated rings. The van der Waals surface area contributed by atoms with Crippen LogP contribution in [0.1, 0.15) is 129 Å². The van der Waals surface area contributed by atoms with Crippen LogP contribution in [0.2, 0.25) is 0 Å². The van der Waals surface area contributed by atoms with Crippen LogP contribution in [0.4, 0.5) is 0 Å². The van der Waals surface area contributed by atoms with Crippen molar-refractivity contribution in [1.29, 1.82) is 0 Å². The molecule has 1 unspecified atom stereocenters. The Labute approximate surface area is 165 Å². The summed E-state index contributed by atoms with van der Waals surface area (Å²) in [5.41, 5.74) is 11.5. The summed E-state index contributed by atoms with van der Waals surface area (Å²) >= 11 is 0. The molecule has 0 aliphatic rings. The van der Waals surface area contributed by atoms with E-state index in [1.165, 1.54) is 96.3 Å². The number of ether oxygens (including phenoxy) is 1. The summed E-state index contributed by atoms with van der Waals surface area (Å²) in [6, 6.07) is 0. The van der Waals surface area contributed by atoms with Gasteiger partial charge < -0.3 is 16.2 Å². The Morgan fingerprint density at radius 2 is 1.00 bits per heavy atom. The zero-order valence-electron chi connectivity index (χ0n) is 18.0. The molecule has 3 nitrogen and oxygen atoms in total. The lowest BCUT2D eigenvalue weighted by Crippen LogP contribution is -2.24. The quantitative estimate of drug-likeness (QED) is 0.165. The van der Waals surface area contributed by atoms with E-state index >= 15 is 0 Å². The van der Waals surface area contributed by atoms with Crippen molar-refractivity contribution in [3.63, 3.8) is 0 Å². The lowest BCUT2D eigenvalue weighted by Gasteiger charge is -2.12. The molecule has 0 radical (unpaired) electrons. The number of nitrogens with two attached hydrogens (primary N) is 2. The Kier molecular flexibility index (Phi) is 22.8. The van der Waals surface area contributed by atoms with Gasteiger partial charge >= 0.3 is 0 Å². The molecule has 0 aliphatic carbocycles. The van der Waals surface area contributed by atoms with Gasteiger partial charge in [-0.1, -0.05) is 96.8 Å². The topological polar surface area (TPSA) is 61.3 Å². The van der Waals surface area contributed by atoms with Crippen molar-refractivity contribution in [2.24, 2.45) is 11.5 Å². The van der Waals surface area contributed by atoms with E-state index in [4.69, 9.17) is 16.2 Å². The highest BCUT2D eigenvalue weighted by atomic mass is 16.5. The lowest BCUT2D eigenvalue weighted by atomic mass is 10.0. The fourth-order valence-electron chi connectivity index (χ4n) is 3.46. The van der Waals surface area contributed by atoms with Gasteiger partial charge in [-0.05, 0) is 38.6 Å². The molecule has 0 amide bonds. The largest absolute Gasteiger partial charge is 0.364 e. The first-order chi connectivity index (χ1) is 12.8. The van der Waals surface area contributed by atoms with Gasteiger partial charge in [-0.15, -0.1) is 0 Å². The van der Waals surface area contributed by atoms with Gasteiger partial charge in [0.1, 0.15) is 6.23 Å². The van der Waals surface area contributed by atoms with Crippen molar-refractivity contribution < 1.29 is 4.74 Å². The number of unbranched alkanes of at least 4 members (excludes halogenated alkanes) is 16. The monoisotopic (exact) mass is 370 g/mol. The fourth-order valence-corrected chi connectivity index (χ4v) is 3.46. The van der Waals surface area contributed by atoms with Crippen LogP contribution in [0, 0.1) is 0 Å². The molecule has 26 heavy (non-hydrogen) atoms. The van der Waals surface area contributed by atoms with Crippen LogP contribution in [0.25, 0.3) is 0 Å². The third-order valence-electron chi connectivity index (χ3n) is 5.27. The molecule has 0 aromatic heterocycles. The van der Waals surface area contributed by atoms with E-state index in [0.29, 0.717) is 0 Å². The van der Waals surface area contributed by atoms with Gasteiger partial charge in [-0.3, -0.25) is 0 Å². The Balaban J connectivity index is 3.08. The molecule has 0 aliphatic heterocycles. The molecule has 158 valence electrons. The maximum atomic E-state index is 6.00. The predicted octanol–water partition coefficient (Wildman–Crippen LogP) is 6.68. The van der Waals surface area contributed by atoms with E-state index in [9.17, 15) is 0 Å². The molecule has 0 heterocycles. The maximum absolute atomic E-state index is 6.00. The second kappa shape index (κ2) is 22.9. The van der Waals surface area contributed by atoms with Crippen LogP contribution < -0.4 is 11.5 Å². The van der Waals surface area contributed by atoms with Crippen LogP contribution in [0.3, 0.4) is 0 Å². The summed E-state index contributed by atoms with van der Waals surface area (Å²) in [5, 5.41) is 0. The van der Waals surface area contributed by atoms with E-state index in [1.807, 2.05) is 0 Å². The zero-order chi connectivity index (χ0) is 19.1. The number of hydrogen-bond donors (Lipinski definition) is 2. The molecule has 0 saturated heterocycles. The van der Waals surface area contributed by atoms with E-state index < -0.39 is 0 Å². The van der Waals surface area contributed by atoms with Crippen molar-refractivity contribution in [1.82, 2.24) is 0 Å². The highest BCUT2D eigenvalue weighted by Gasteiger charge is 2.02. The van der Waals surface area contributed by atoms with Gasteiger partial charge in [0, 0.05) is 6.61 Å². The minimum absolute atomic E-state index is 0.0603. The van der Waals surface area contributed by atoms with Crippen LogP contribution in [-0.2, 0) is 4.74 Å². The van der Waals surface area contributed by atoms with E-state index in [2.05, 4.69) is 6.92 Å². The van der Waals surface area contributed by atoms with Crippen LogP contribution in [0.5, 0.6) is 0 Å². The average molecular weight is 371 g/mol. The molecule has 1 atom stereocenters.